The van der Waals surface area contributed by atoms with Crippen molar-refractivity contribution in [3.8, 4) is 0 Å². The highest BCUT2D eigenvalue weighted by atomic mass is 16.6. The number of carboxylic acids is 1. The molecule has 0 bridgehead atoms. The van der Waals surface area contributed by atoms with Crippen molar-refractivity contribution in [2.24, 2.45) is 0 Å². The molecule has 0 radical (unpaired) electrons. The van der Waals surface area contributed by atoms with Crippen molar-refractivity contribution in [1.29, 1.82) is 0 Å². The van der Waals surface area contributed by atoms with Gasteiger partial charge in [0.2, 0.25) is 5.91 Å². The number of nitro benzene ring substituents is 1. The molecule has 0 saturated carbocycles. The van der Waals surface area contributed by atoms with E-state index in [0.29, 0.717) is 5.56 Å². The highest BCUT2D eigenvalue weighted by molar-refractivity contribution is 5.84. The number of carboxylic acid groups (broad SMARTS) is 1. The largest absolute Gasteiger partial charge is 0.480 e. The van der Waals surface area contributed by atoms with Gasteiger partial charge in [-0.25, -0.2) is 4.79 Å². The quantitative estimate of drug-likeness (QED) is 0.522. The molecule has 0 aromatic heterocycles. The molecule has 0 aliphatic carbocycles. The monoisotopic (exact) mass is 358 g/mol. The maximum atomic E-state index is 11.9. The van der Waals surface area contributed by atoms with Gasteiger partial charge in [-0.1, -0.05) is 42.5 Å². The Kier molecular flexibility index (Phi) is 6.81. The second-order valence-corrected chi connectivity index (χ2v) is 5.56. The molecule has 0 spiro atoms. The van der Waals surface area contributed by atoms with Crippen LogP contribution in [0.5, 0.6) is 0 Å². The zero-order valence-electron chi connectivity index (χ0n) is 13.8. The highest BCUT2D eigenvalue weighted by Gasteiger charge is 2.20. The van der Waals surface area contributed by atoms with E-state index in [1.807, 2.05) is 30.3 Å². The average Bonchev–Trinajstić information content (AvgIpc) is 2.62. The highest BCUT2D eigenvalue weighted by Crippen LogP contribution is 2.13. The molecule has 2 aromatic carbocycles. The van der Waals surface area contributed by atoms with Gasteiger partial charge >= 0.3 is 5.97 Å². The Bertz CT molecular complexity index is 761. The summed E-state index contributed by atoms with van der Waals surface area (Å²) in [5.41, 5.74) is 1.38. The van der Waals surface area contributed by atoms with Crippen LogP contribution < -0.4 is 5.32 Å². The van der Waals surface area contributed by atoms with E-state index in [1.165, 1.54) is 24.3 Å². The SMILES string of the molecule is O=C(COCc1ccccc1)N[C@@H](Cc1ccc([N+](=O)[O-])cc1)C(=O)O. The fraction of sp³-hybridized carbons (Fsp3) is 0.222. The molecule has 0 heterocycles. The number of hydrogen-bond acceptors (Lipinski definition) is 5. The molecule has 1 atom stereocenters. The van der Waals surface area contributed by atoms with E-state index >= 15 is 0 Å². The van der Waals surface area contributed by atoms with Gasteiger partial charge in [-0.2, -0.15) is 0 Å². The molecule has 2 rings (SSSR count). The summed E-state index contributed by atoms with van der Waals surface area (Å²) < 4.78 is 5.27. The van der Waals surface area contributed by atoms with E-state index in [0.717, 1.165) is 5.56 Å². The van der Waals surface area contributed by atoms with Crippen molar-refractivity contribution in [3.05, 3.63) is 75.8 Å². The van der Waals surface area contributed by atoms with Crippen LogP contribution in [0.15, 0.2) is 54.6 Å². The smallest absolute Gasteiger partial charge is 0.326 e. The third-order valence-electron chi connectivity index (χ3n) is 3.57. The first kappa shape index (κ1) is 19.1. The fourth-order valence-electron chi connectivity index (χ4n) is 2.26. The van der Waals surface area contributed by atoms with Crippen molar-refractivity contribution in [1.82, 2.24) is 5.32 Å². The Morgan fingerprint density at radius 2 is 1.73 bits per heavy atom. The second kappa shape index (κ2) is 9.28. The third kappa shape index (κ3) is 5.99. The number of benzene rings is 2. The van der Waals surface area contributed by atoms with Crippen LogP contribution in [-0.4, -0.2) is 34.6 Å². The fourth-order valence-corrected chi connectivity index (χ4v) is 2.26. The minimum atomic E-state index is -1.19. The summed E-state index contributed by atoms with van der Waals surface area (Å²) in [4.78, 5) is 33.3. The molecule has 0 unspecified atom stereocenters. The molecule has 26 heavy (non-hydrogen) atoms. The van der Waals surface area contributed by atoms with E-state index in [1.54, 1.807) is 0 Å². The zero-order valence-corrected chi connectivity index (χ0v) is 13.8. The van der Waals surface area contributed by atoms with Crippen LogP contribution in [-0.2, 0) is 27.4 Å². The van der Waals surface area contributed by atoms with Crippen molar-refractivity contribution in [2.75, 3.05) is 6.61 Å². The number of non-ortho nitro benzene ring substituents is 1. The topological polar surface area (TPSA) is 119 Å². The predicted molar refractivity (Wildman–Crippen MR) is 92.5 cm³/mol. The van der Waals surface area contributed by atoms with Crippen LogP contribution in [0.2, 0.25) is 0 Å². The number of nitro groups is 1. The normalized spacial score (nSPS) is 11.5. The van der Waals surface area contributed by atoms with Crippen LogP contribution in [0.4, 0.5) is 5.69 Å². The average molecular weight is 358 g/mol. The second-order valence-electron chi connectivity index (χ2n) is 5.56. The molecule has 2 N–H and O–H groups in total. The van der Waals surface area contributed by atoms with Gasteiger partial charge in [-0.3, -0.25) is 14.9 Å². The van der Waals surface area contributed by atoms with Crippen LogP contribution in [0.1, 0.15) is 11.1 Å². The zero-order chi connectivity index (χ0) is 18.9. The van der Waals surface area contributed by atoms with Gasteiger partial charge in [0.15, 0.2) is 0 Å². The summed E-state index contributed by atoms with van der Waals surface area (Å²) in [6.07, 6.45) is 0.0117. The molecule has 1 amide bonds. The molecule has 2 aromatic rings. The molecule has 0 aliphatic rings. The Morgan fingerprint density at radius 1 is 1.08 bits per heavy atom. The third-order valence-corrected chi connectivity index (χ3v) is 3.57. The van der Waals surface area contributed by atoms with Gasteiger partial charge in [-0.15, -0.1) is 0 Å². The predicted octanol–water partition coefficient (Wildman–Crippen LogP) is 1.92. The number of aliphatic carboxylic acids is 1. The van der Waals surface area contributed by atoms with E-state index in [2.05, 4.69) is 5.32 Å². The summed E-state index contributed by atoms with van der Waals surface area (Å²) in [5, 5.41) is 22.3. The van der Waals surface area contributed by atoms with Crippen LogP contribution in [0.25, 0.3) is 0 Å². The molecule has 136 valence electrons. The number of nitrogens with one attached hydrogen (secondary N) is 1. The molecular formula is C18H18N2O6. The maximum absolute atomic E-state index is 11.9. The molecule has 0 fully saturated rings. The first-order chi connectivity index (χ1) is 12.5. The van der Waals surface area contributed by atoms with Crippen molar-refractivity contribution >= 4 is 17.6 Å². The number of rotatable bonds is 9. The number of amides is 1. The summed E-state index contributed by atoms with van der Waals surface area (Å²) in [7, 11) is 0. The summed E-state index contributed by atoms with van der Waals surface area (Å²) >= 11 is 0. The van der Waals surface area contributed by atoms with Gasteiger partial charge in [0, 0.05) is 18.6 Å². The lowest BCUT2D eigenvalue weighted by Gasteiger charge is -2.14. The number of ether oxygens (including phenoxy) is 1. The molecule has 0 aliphatic heterocycles. The van der Waals surface area contributed by atoms with Gasteiger partial charge in [-0.05, 0) is 11.1 Å². The Morgan fingerprint density at radius 3 is 2.31 bits per heavy atom. The number of nitrogens with zero attached hydrogens (tertiary/aromatic N) is 1. The van der Waals surface area contributed by atoms with E-state index < -0.39 is 22.8 Å². The number of carbonyl (C=O) groups excluding carboxylic acids is 1. The molecular weight excluding hydrogens is 340 g/mol. The van der Waals surface area contributed by atoms with Crippen molar-refractivity contribution < 1.29 is 24.4 Å². The van der Waals surface area contributed by atoms with Gasteiger partial charge in [0.25, 0.3) is 5.69 Å². The van der Waals surface area contributed by atoms with Gasteiger partial charge in [0.05, 0.1) is 11.5 Å². The number of hydrogen-bond donors (Lipinski definition) is 2. The maximum Gasteiger partial charge on any atom is 0.326 e. The molecule has 0 saturated heterocycles. The Hall–Kier alpha value is -3.26. The lowest BCUT2D eigenvalue weighted by molar-refractivity contribution is -0.384. The molecule has 8 heteroatoms. The summed E-state index contributed by atoms with van der Waals surface area (Å²) in [5.74, 6) is -1.74. The minimum Gasteiger partial charge on any atom is -0.480 e. The van der Waals surface area contributed by atoms with Crippen LogP contribution in [0.3, 0.4) is 0 Å². The summed E-state index contributed by atoms with van der Waals surface area (Å²) in [6, 6.07) is 13.6. The van der Waals surface area contributed by atoms with Gasteiger partial charge < -0.3 is 15.2 Å². The van der Waals surface area contributed by atoms with E-state index in [9.17, 15) is 24.8 Å². The standard InChI is InChI=1S/C18H18N2O6/c21-17(12-26-11-14-4-2-1-3-5-14)19-16(18(22)23)10-13-6-8-15(9-7-13)20(24)25/h1-9,16H,10-12H2,(H,19,21)(H,22,23)/t16-/m0/s1. The first-order valence-corrected chi connectivity index (χ1v) is 7.83. The van der Waals surface area contributed by atoms with E-state index in [4.69, 9.17) is 4.74 Å². The van der Waals surface area contributed by atoms with Crippen LogP contribution >= 0.6 is 0 Å². The Labute approximate surface area is 149 Å². The van der Waals surface area contributed by atoms with E-state index in [-0.39, 0.29) is 25.3 Å². The van der Waals surface area contributed by atoms with Crippen molar-refractivity contribution in [3.63, 3.8) is 0 Å². The van der Waals surface area contributed by atoms with Crippen molar-refractivity contribution in [2.45, 2.75) is 19.1 Å². The Balaban J connectivity index is 1.85. The summed E-state index contributed by atoms with van der Waals surface area (Å²) in [6.45, 7) is -0.0205. The van der Waals surface area contributed by atoms with Gasteiger partial charge in [0.1, 0.15) is 12.6 Å². The minimum absolute atomic E-state index is 0.0117. The lowest BCUT2D eigenvalue weighted by atomic mass is 10.1. The lowest BCUT2D eigenvalue weighted by Crippen LogP contribution is -2.43. The first-order valence-electron chi connectivity index (χ1n) is 7.83. The number of carbonyl (C=O) groups is 2. The van der Waals surface area contributed by atoms with Crippen LogP contribution in [0, 0.1) is 10.1 Å². The molecule has 8 nitrogen and oxygen atoms in total.